The minimum atomic E-state index is -3.78. The fraction of sp³-hybridized carbons (Fsp3) is 0.524. The van der Waals surface area contributed by atoms with Crippen LogP contribution >= 0.6 is 0 Å². The summed E-state index contributed by atoms with van der Waals surface area (Å²) >= 11 is 0. The van der Waals surface area contributed by atoms with Crippen LogP contribution in [0.15, 0.2) is 39.8 Å². The zero-order valence-corrected chi connectivity index (χ0v) is 18.8. The van der Waals surface area contributed by atoms with Crippen molar-refractivity contribution in [1.29, 1.82) is 0 Å². The number of aromatic nitrogens is 1. The minimum absolute atomic E-state index is 0.165. The number of sulfonamides is 1. The molecule has 30 heavy (non-hydrogen) atoms. The van der Waals surface area contributed by atoms with E-state index in [1.807, 2.05) is 33.8 Å². The Morgan fingerprint density at radius 2 is 1.77 bits per heavy atom. The molecule has 1 aliphatic rings. The molecule has 1 amide bonds. The van der Waals surface area contributed by atoms with Crippen molar-refractivity contribution in [3.63, 3.8) is 0 Å². The van der Waals surface area contributed by atoms with Crippen LogP contribution in [0.1, 0.15) is 30.9 Å². The third-order valence-electron chi connectivity index (χ3n) is 5.29. The lowest BCUT2D eigenvalue weighted by atomic mass is 10.0. The predicted molar refractivity (Wildman–Crippen MR) is 113 cm³/mol. The van der Waals surface area contributed by atoms with E-state index in [0.717, 1.165) is 17.0 Å². The van der Waals surface area contributed by atoms with Gasteiger partial charge in [0.25, 0.3) is 0 Å². The van der Waals surface area contributed by atoms with Gasteiger partial charge in [-0.2, -0.15) is 4.72 Å². The average molecular weight is 435 g/mol. The molecule has 0 aliphatic carbocycles. The van der Waals surface area contributed by atoms with Crippen LogP contribution in [-0.2, 0) is 21.4 Å². The van der Waals surface area contributed by atoms with E-state index >= 15 is 0 Å². The molecule has 8 nitrogen and oxygen atoms in total. The molecule has 3 rings (SSSR count). The first kappa shape index (κ1) is 22.5. The third-order valence-corrected chi connectivity index (χ3v) is 6.74. The van der Waals surface area contributed by atoms with E-state index in [-0.39, 0.29) is 16.7 Å². The Morgan fingerprint density at radius 1 is 1.13 bits per heavy atom. The van der Waals surface area contributed by atoms with Crippen LogP contribution in [0, 0.1) is 19.8 Å². The van der Waals surface area contributed by atoms with Crippen molar-refractivity contribution in [2.75, 3.05) is 26.2 Å². The Hall–Kier alpha value is -2.23. The highest BCUT2D eigenvalue weighted by atomic mass is 32.2. The van der Waals surface area contributed by atoms with Gasteiger partial charge in [0.2, 0.25) is 15.9 Å². The first-order chi connectivity index (χ1) is 14.2. The lowest BCUT2D eigenvalue weighted by molar-refractivity contribution is -0.135. The topological polar surface area (TPSA) is 95.8 Å². The van der Waals surface area contributed by atoms with E-state index in [2.05, 4.69) is 14.8 Å². The van der Waals surface area contributed by atoms with Gasteiger partial charge in [-0.05, 0) is 31.9 Å². The van der Waals surface area contributed by atoms with E-state index in [4.69, 9.17) is 4.52 Å². The Morgan fingerprint density at radius 3 is 2.30 bits per heavy atom. The Labute approximate surface area is 178 Å². The molecule has 1 atom stereocenters. The number of hydrogen-bond acceptors (Lipinski definition) is 6. The number of rotatable bonds is 7. The van der Waals surface area contributed by atoms with Crippen LogP contribution in [0.25, 0.3) is 0 Å². The number of amides is 1. The highest BCUT2D eigenvalue weighted by Gasteiger charge is 2.33. The van der Waals surface area contributed by atoms with Crippen LogP contribution in [0.3, 0.4) is 0 Å². The highest BCUT2D eigenvalue weighted by Crippen LogP contribution is 2.16. The second-order valence-corrected chi connectivity index (χ2v) is 9.91. The van der Waals surface area contributed by atoms with Crippen molar-refractivity contribution < 1.29 is 17.7 Å². The predicted octanol–water partition coefficient (Wildman–Crippen LogP) is 1.94. The lowest BCUT2D eigenvalue weighted by Gasteiger charge is -2.36. The van der Waals surface area contributed by atoms with Gasteiger partial charge in [-0.3, -0.25) is 9.69 Å². The maximum atomic E-state index is 13.1. The summed E-state index contributed by atoms with van der Waals surface area (Å²) in [6.45, 7) is 10.6. The second-order valence-electron chi connectivity index (χ2n) is 8.19. The van der Waals surface area contributed by atoms with Gasteiger partial charge < -0.3 is 9.42 Å². The average Bonchev–Trinajstić information content (AvgIpc) is 3.11. The summed E-state index contributed by atoms with van der Waals surface area (Å²) in [7, 11) is -3.78. The van der Waals surface area contributed by atoms with Gasteiger partial charge in [0.15, 0.2) is 5.76 Å². The summed E-state index contributed by atoms with van der Waals surface area (Å²) in [6.07, 6.45) is 0. The summed E-state index contributed by atoms with van der Waals surface area (Å²) in [5, 5.41) is 3.90. The molecule has 0 saturated carbocycles. The maximum Gasteiger partial charge on any atom is 0.241 e. The molecule has 0 radical (unpaired) electrons. The lowest BCUT2D eigenvalue weighted by Crippen LogP contribution is -2.56. The smallest absolute Gasteiger partial charge is 0.241 e. The molecule has 2 heterocycles. The number of benzene rings is 1. The summed E-state index contributed by atoms with van der Waals surface area (Å²) in [6, 6.07) is 7.71. The molecule has 1 aliphatic heterocycles. The van der Waals surface area contributed by atoms with Crippen molar-refractivity contribution in [3.8, 4) is 0 Å². The number of carbonyl (C=O) groups excluding carboxylic acids is 1. The van der Waals surface area contributed by atoms with Gasteiger partial charge in [0.05, 0.1) is 17.1 Å². The van der Waals surface area contributed by atoms with Gasteiger partial charge in [0.1, 0.15) is 6.04 Å². The molecule has 0 spiro atoms. The summed E-state index contributed by atoms with van der Waals surface area (Å²) < 4.78 is 33.5. The van der Waals surface area contributed by atoms with Crippen LogP contribution in [-0.4, -0.2) is 61.5 Å². The van der Waals surface area contributed by atoms with Crippen molar-refractivity contribution in [2.45, 2.75) is 45.2 Å². The Bertz CT molecular complexity index is 961. The zero-order chi connectivity index (χ0) is 21.9. The molecule has 0 unspecified atom stereocenters. The number of aryl methyl sites for hydroxylation is 2. The van der Waals surface area contributed by atoms with Crippen molar-refractivity contribution in [3.05, 3.63) is 47.3 Å². The van der Waals surface area contributed by atoms with Crippen molar-refractivity contribution in [2.24, 2.45) is 5.92 Å². The summed E-state index contributed by atoms with van der Waals surface area (Å²) in [5.41, 5.74) is 1.82. The maximum absolute atomic E-state index is 13.1. The van der Waals surface area contributed by atoms with E-state index < -0.39 is 16.1 Å². The van der Waals surface area contributed by atoms with Crippen molar-refractivity contribution in [1.82, 2.24) is 19.7 Å². The van der Waals surface area contributed by atoms with Gasteiger partial charge in [-0.1, -0.05) is 36.7 Å². The zero-order valence-electron chi connectivity index (χ0n) is 18.0. The molecular weight excluding hydrogens is 404 g/mol. The van der Waals surface area contributed by atoms with Gasteiger partial charge in [0, 0.05) is 32.2 Å². The van der Waals surface area contributed by atoms with Crippen LogP contribution in [0.2, 0.25) is 0 Å². The van der Waals surface area contributed by atoms with Gasteiger partial charge in [-0.25, -0.2) is 8.42 Å². The van der Waals surface area contributed by atoms with Crippen LogP contribution < -0.4 is 4.72 Å². The SMILES string of the molecule is Cc1ccc(S(=O)(=O)N[C@@H](C(=O)N2CCN(Cc3cc(C)no3)CC2)C(C)C)cc1. The molecule has 1 saturated heterocycles. The van der Waals surface area contributed by atoms with Gasteiger partial charge >= 0.3 is 0 Å². The molecule has 1 aromatic carbocycles. The monoisotopic (exact) mass is 434 g/mol. The number of piperazine rings is 1. The van der Waals surface area contributed by atoms with E-state index in [1.165, 1.54) is 0 Å². The molecule has 1 aromatic heterocycles. The molecule has 1 N–H and O–H groups in total. The Balaban J connectivity index is 1.62. The third kappa shape index (κ3) is 5.47. The normalized spacial score (nSPS) is 16.8. The molecule has 9 heteroatoms. The van der Waals surface area contributed by atoms with E-state index in [9.17, 15) is 13.2 Å². The second kappa shape index (κ2) is 9.28. The fourth-order valence-electron chi connectivity index (χ4n) is 3.46. The molecule has 1 fully saturated rings. The van der Waals surface area contributed by atoms with Crippen molar-refractivity contribution >= 4 is 15.9 Å². The first-order valence-corrected chi connectivity index (χ1v) is 11.7. The largest absolute Gasteiger partial charge is 0.360 e. The summed E-state index contributed by atoms with van der Waals surface area (Å²) in [4.78, 5) is 17.2. The molecule has 0 bridgehead atoms. The van der Waals surface area contributed by atoms with E-state index in [0.29, 0.717) is 32.7 Å². The molecule has 164 valence electrons. The van der Waals surface area contributed by atoms with E-state index in [1.54, 1.807) is 29.2 Å². The summed E-state index contributed by atoms with van der Waals surface area (Å²) in [5.74, 6) is 0.446. The quantitative estimate of drug-likeness (QED) is 0.716. The molecule has 2 aromatic rings. The van der Waals surface area contributed by atoms with Gasteiger partial charge in [-0.15, -0.1) is 0 Å². The van der Waals surface area contributed by atoms with Crippen LogP contribution in [0.5, 0.6) is 0 Å². The molecular formula is C21H30N4O4S. The number of nitrogens with zero attached hydrogens (tertiary/aromatic N) is 3. The van der Waals surface area contributed by atoms with Crippen LogP contribution in [0.4, 0.5) is 0 Å². The number of hydrogen-bond donors (Lipinski definition) is 1. The fourth-order valence-corrected chi connectivity index (χ4v) is 4.80. The standard InChI is InChI=1S/C21H30N4O4S/c1-15(2)20(23-30(27,28)19-7-5-16(3)6-8-19)21(26)25-11-9-24(10-12-25)14-18-13-17(4)22-29-18/h5-8,13,15,20,23H,9-12,14H2,1-4H3/t20-/m1/s1. The highest BCUT2D eigenvalue weighted by molar-refractivity contribution is 7.89. The number of nitrogens with one attached hydrogen (secondary N) is 1. The number of carbonyl (C=O) groups is 1. The first-order valence-electron chi connectivity index (χ1n) is 10.2. The Kier molecular flexibility index (Phi) is 6.95. The minimum Gasteiger partial charge on any atom is -0.360 e.